The van der Waals surface area contributed by atoms with Crippen LogP contribution in [0.15, 0.2) is 0 Å². The monoisotopic (exact) mass is 902 g/mol. The maximum Gasteiger partial charge on any atom is 0.325 e. The fourth-order valence-electron chi connectivity index (χ4n) is 6.04. The Hall–Kier alpha value is -5.99. The van der Waals surface area contributed by atoms with Gasteiger partial charge in [-0.1, -0.05) is 13.8 Å². The number of nitrogens with two attached hydrogens (primary N) is 2. The minimum atomic E-state index is -1.89. The molecule has 26 heteroatoms. The first-order chi connectivity index (χ1) is 29.2. The summed E-state index contributed by atoms with van der Waals surface area (Å²) in [5.74, 6) is -12.2. The number of aliphatic hydroxyl groups is 3. The van der Waals surface area contributed by atoms with Crippen LogP contribution in [0.5, 0.6) is 0 Å². The average molecular weight is 903 g/mol. The molecule has 1 saturated heterocycles. The smallest absolute Gasteiger partial charge is 0.325 e. The quantitative estimate of drug-likeness (QED) is 0.0384. The van der Waals surface area contributed by atoms with Crippen LogP contribution in [-0.2, 0) is 52.7 Å². The molecule has 356 valence electrons. The van der Waals surface area contributed by atoms with Crippen molar-refractivity contribution in [2.24, 2.45) is 17.4 Å². The summed E-state index contributed by atoms with van der Waals surface area (Å²) in [6.45, 7) is 6.94. The van der Waals surface area contributed by atoms with E-state index in [0.717, 1.165) is 6.92 Å². The SMILES string of the molecule is CC(C)[C@H](NC(=O)[C@H](CCC(N)=O)NC(=O)[C@H](CO)NC(=O)[C@@H](NC(=O)[C@H](CCC(=O)O)NC(=O)[C@@H](N)[C@@H](C)O)[C@@H](C)O)C(=O)N[C@@H](C)C(=O)N1CCC[C@H]1C(=O)N[C@@H](C)C(=O)O. The van der Waals surface area contributed by atoms with Gasteiger partial charge in [0.15, 0.2) is 0 Å². The lowest BCUT2D eigenvalue weighted by Crippen LogP contribution is -2.62. The zero-order chi connectivity index (χ0) is 48.5. The van der Waals surface area contributed by atoms with E-state index < -0.39 is 170 Å². The lowest BCUT2D eigenvalue weighted by molar-refractivity contribution is -0.144. The van der Waals surface area contributed by atoms with Gasteiger partial charge in [-0.15, -0.1) is 0 Å². The first-order valence-electron chi connectivity index (χ1n) is 20.1. The van der Waals surface area contributed by atoms with Crippen molar-refractivity contribution in [3.05, 3.63) is 0 Å². The van der Waals surface area contributed by atoms with Crippen LogP contribution in [0.4, 0.5) is 0 Å². The van der Waals surface area contributed by atoms with Gasteiger partial charge in [0, 0.05) is 19.4 Å². The fraction of sp³-hybridized carbons (Fsp3) is 0.703. The second-order valence-corrected chi connectivity index (χ2v) is 15.5. The van der Waals surface area contributed by atoms with Crippen molar-refractivity contribution < 1.29 is 78.3 Å². The molecule has 1 heterocycles. The maximum absolute atomic E-state index is 13.6. The minimum Gasteiger partial charge on any atom is -0.481 e. The molecule has 0 aromatic rings. The van der Waals surface area contributed by atoms with Crippen molar-refractivity contribution >= 4 is 65.1 Å². The molecule has 1 fully saturated rings. The van der Waals surface area contributed by atoms with Crippen LogP contribution in [0.3, 0.4) is 0 Å². The number of hydrogen-bond acceptors (Lipinski definition) is 15. The van der Waals surface area contributed by atoms with Crippen molar-refractivity contribution in [3.8, 4) is 0 Å². The highest BCUT2D eigenvalue weighted by atomic mass is 16.4. The Morgan fingerprint density at radius 2 is 1.11 bits per heavy atom. The predicted molar refractivity (Wildman–Crippen MR) is 216 cm³/mol. The highest BCUT2D eigenvalue weighted by Gasteiger charge is 2.39. The van der Waals surface area contributed by atoms with Gasteiger partial charge >= 0.3 is 11.9 Å². The molecule has 63 heavy (non-hydrogen) atoms. The molecule has 11 atom stereocenters. The molecular weight excluding hydrogens is 840 g/mol. The van der Waals surface area contributed by atoms with Gasteiger partial charge in [0.2, 0.25) is 53.2 Å². The second kappa shape index (κ2) is 25.8. The van der Waals surface area contributed by atoms with Crippen LogP contribution in [0.1, 0.15) is 80.1 Å². The highest BCUT2D eigenvalue weighted by Crippen LogP contribution is 2.19. The van der Waals surface area contributed by atoms with Crippen molar-refractivity contribution in [1.29, 1.82) is 0 Å². The summed E-state index contributed by atoms with van der Waals surface area (Å²) in [5, 5.41) is 64.2. The number of aliphatic carboxylic acids is 2. The Labute approximate surface area is 362 Å². The molecule has 0 bridgehead atoms. The molecular formula is C37H62N10O16. The molecule has 26 nitrogen and oxygen atoms in total. The van der Waals surface area contributed by atoms with Gasteiger partial charge in [0.05, 0.1) is 18.8 Å². The summed E-state index contributed by atoms with van der Waals surface area (Å²) in [6.07, 6.45) is -4.51. The van der Waals surface area contributed by atoms with Crippen LogP contribution >= 0.6 is 0 Å². The molecule has 1 rings (SSSR count). The number of carbonyl (C=O) groups excluding carboxylic acids is 9. The van der Waals surface area contributed by atoms with E-state index in [1.807, 2.05) is 0 Å². The van der Waals surface area contributed by atoms with Gasteiger partial charge in [-0.05, 0) is 59.3 Å². The van der Waals surface area contributed by atoms with Gasteiger partial charge in [0.25, 0.3) is 0 Å². The minimum absolute atomic E-state index is 0.142. The van der Waals surface area contributed by atoms with Gasteiger partial charge in [-0.25, -0.2) is 0 Å². The number of likely N-dealkylation sites (tertiary alicyclic amines) is 1. The van der Waals surface area contributed by atoms with E-state index in [-0.39, 0.29) is 13.0 Å². The number of carboxylic acids is 2. The number of nitrogens with zero attached hydrogens (tertiary/aromatic N) is 1. The third-order valence-corrected chi connectivity index (χ3v) is 9.84. The molecule has 0 saturated carbocycles. The van der Waals surface area contributed by atoms with E-state index in [1.54, 1.807) is 13.8 Å². The van der Waals surface area contributed by atoms with Crippen LogP contribution in [0.25, 0.3) is 0 Å². The lowest BCUT2D eigenvalue weighted by atomic mass is 10.0. The summed E-state index contributed by atoms with van der Waals surface area (Å²) in [6, 6.07) is -13.4. The molecule has 0 aromatic heterocycles. The first kappa shape index (κ1) is 55.0. The van der Waals surface area contributed by atoms with Crippen LogP contribution in [0.2, 0.25) is 0 Å². The highest BCUT2D eigenvalue weighted by molar-refractivity contribution is 5.98. The normalized spacial score (nSPS) is 18.3. The Morgan fingerprint density at radius 1 is 0.619 bits per heavy atom. The van der Waals surface area contributed by atoms with Crippen molar-refractivity contribution in [2.45, 2.75) is 147 Å². The molecule has 9 amide bonds. The molecule has 0 aromatic carbocycles. The molecule has 0 unspecified atom stereocenters. The summed E-state index contributed by atoms with van der Waals surface area (Å²) in [5.41, 5.74) is 10.9. The number of primary amides is 1. The largest absolute Gasteiger partial charge is 0.481 e. The predicted octanol–water partition coefficient (Wildman–Crippen LogP) is -6.64. The fourth-order valence-corrected chi connectivity index (χ4v) is 6.04. The van der Waals surface area contributed by atoms with Crippen LogP contribution in [-0.4, -0.2) is 175 Å². The Balaban J connectivity index is 3.18. The number of hydrogen-bond donors (Lipinski definition) is 14. The first-order valence-corrected chi connectivity index (χ1v) is 20.1. The number of amides is 9. The molecule has 0 aliphatic carbocycles. The summed E-state index contributed by atoms with van der Waals surface area (Å²) < 4.78 is 0. The van der Waals surface area contributed by atoms with Crippen molar-refractivity contribution in [3.63, 3.8) is 0 Å². The van der Waals surface area contributed by atoms with E-state index in [1.165, 1.54) is 25.7 Å². The lowest BCUT2D eigenvalue weighted by Gasteiger charge is -2.30. The molecule has 1 aliphatic heterocycles. The maximum atomic E-state index is 13.6. The third kappa shape index (κ3) is 17.7. The number of carbonyl (C=O) groups is 11. The van der Waals surface area contributed by atoms with E-state index >= 15 is 0 Å². The Morgan fingerprint density at radius 3 is 1.59 bits per heavy atom. The van der Waals surface area contributed by atoms with Gasteiger partial charge < -0.3 is 79.1 Å². The second-order valence-electron chi connectivity index (χ2n) is 15.5. The molecule has 16 N–H and O–H groups in total. The van der Waals surface area contributed by atoms with E-state index in [9.17, 15) is 68.1 Å². The number of rotatable bonds is 26. The van der Waals surface area contributed by atoms with E-state index in [2.05, 4.69) is 37.2 Å². The summed E-state index contributed by atoms with van der Waals surface area (Å²) in [7, 11) is 0. The zero-order valence-electron chi connectivity index (χ0n) is 35.9. The zero-order valence-corrected chi connectivity index (χ0v) is 35.9. The van der Waals surface area contributed by atoms with E-state index in [0.29, 0.717) is 6.42 Å². The standard InChI is InChI=1S/C37H62N10O16/c1-15(2)27(34(59)40-16(3)36(61)47-13-7-8-23(47)32(57)41-17(4)37(62)63)45-29(54)20(9-11-24(38)51)42-31(56)22(14-48)44-35(60)28(19(6)50)46-30(55)21(10-12-25(52)53)43-33(58)26(39)18(5)49/h15-23,26-28,48-50H,7-14,39H2,1-6H3,(H2,38,51)(H,40,59)(H,41,57)(H,42,56)(H,43,58)(H,44,60)(H,45,54)(H,46,55)(H,52,53)(H,62,63)/t16-,17-,18+,19+,20-,21-,22-,23-,26-,27-,28-/m0/s1. The summed E-state index contributed by atoms with van der Waals surface area (Å²) >= 11 is 0. The van der Waals surface area contributed by atoms with Gasteiger partial charge in [-0.2, -0.15) is 0 Å². The Kier molecular flexibility index (Phi) is 22.6. The van der Waals surface area contributed by atoms with E-state index in [4.69, 9.17) is 21.7 Å². The molecule has 0 spiro atoms. The van der Waals surface area contributed by atoms with Gasteiger partial charge in [0.1, 0.15) is 54.4 Å². The van der Waals surface area contributed by atoms with Crippen molar-refractivity contribution in [1.82, 2.24) is 42.1 Å². The van der Waals surface area contributed by atoms with Crippen molar-refractivity contribution in [2.75, 3.05) is 13.2 Å². The number of nitrogens with one attached hydrogen (secondary N) is 7. The summed E-state index contributed by atoms with van der Waals surface area (Å²) in [4.78, 5) is 141. The third-order valence-electron chi connectivity index (χ3n) is 9.84. The molecule has 1 aliphatic rings. The number of aliphatic hydroxyl groups excluding tert-OH is 3. The average Bonchev–Trinajstić information content (AvgIpc) is 3.69. The topological polar surface area (TPSA) is 428 Å². The van der Waals surface area contributed by atoms with Crippen LogP contribution < -0.4 is 48.7 Å². The number of carboxylic acid groups (broad SMARTS) is 2. The Bertz CT molecular complexity index is 1690. The molecule has 0 radical (unpaired) electrons. The van der Waals surface area contributed by atoms with Gasteiger partial charge in [-0.3, -0.25) is 52.7 Å². The van der Waals surface area contributed by atoms with Crippen LogP contribution in [0, 0.1) is 5.92 Å².